The van der Waals surface area contributed by atoms with Gasteiger partial charge in [-0.2, -0.15) is 0 Å². The zero-order valence-corrected chi connectivity index (χ0v) is 15.2. The van der Waals surface area contributed by atoms with E-state index >= 15 is 0 Å². The van der Waals surface area contributed by atoms with E-state index in [4.69, 9.17) is 9.73 Å². The Morgan fingerprint density at radius 1 is 1.13 bits per heavy atom. The first-order valence-electron chi connectivity index (χ1n) is 8.60. The molecule has 0 radical (unpaired) electrons. The molecule has 0 saturated carbocycles. The van der Waals surface area contributed by atoms with Crippen molar-refractivity contribution in [3.8, 4) is 5.75 Å². The largest absolute Gasteiger partial charge is 0.497 e. The molecule has 0 bridgehead atoms. The van der Waals surface area contributed by atoms with Crippen molar-refractivity contribution in [1.82, 2.24) is 15.5 Å². The lowest BCUT2D eigenvalue weighted by atomic mass is 10.0. The maximum absolute atomic E-state index is 5.38. The minimum Gasteiger partial charge on any atom is -0.497 e. The number of likely N-dealkylation sites (N-methyl/N-ethyl adjacent to an activating group) is 1. The molecule has 130 valence electrons. The van der Waals surface area contributed by atoms with E-state index in [0.29, 0.717) is 6.54 Å². The van der Waals surface area contributed by atoms with Crippen molar-refractivity contribution >= 4 is 5.96 Å². The molecule has 1 atom stereocenters. The summed E-state index contributed by atoms with van der Waals surface area (Å²) in [5.74, 6) is 1.76. The van der Waals surface area contributed by atoms with Crippen molar-refractivity contribution in [2.45, 2.75) is 33.7 Å². The van der Waals surface area contributed by atoms with Gasteiger partial charge in [0, 0.05) is 13.1 Å². The maximum atomic E-state index is 5.38. The highest BCUT2D eigenvalue weighted by atomic mass is 16.5. The highest BCUT2D eigenvalue weighted by Crippen LogP contribution is 2.24. The van der Waals surface area contributed by atoms with Gasteiger partial charge in [0.1, 0.15) is 5.75 Å². The molecule has 1 aromatic carbocycles. The van der Waals surface area contributed by atoms with Gasteiger partial charge in [-0.05, 0) is 44.6 Å². The number of nitrogens with one attached hydrogen (secondary N) is 2. The first-order chi connectivity index (χ1) is 11.2. The van der Waals surface area contributed by atoms with Gasteiger partial charge >= 0.3 is 0 Å². The second kappa shape index (κ2) is 10.9. The Hall–Kier alpha value is -1.75. The molecular formula is C18H32N4O. The van der Waals surface area contributed by atoms with E-state index in [1.54, 1.807) is 7.11 Å². The smallest absolute Gasteiger partial charge is 0.191 e. The van der Waals surface area contributed by atoms with Crippen molar-refractivity contribution in [2.24, 2.45) is 4.99 Å². The van der Waals surface area contributed by atoms with Gasteiger partial charge in [-0.25, -0.2) is 0 Å². The number of nitrogens with zero attached hydrogens (tertiary/aromatic N) is 2. The molecule has 5 heteroatoms. The van der Waals surface area contributed by atoms with Crippen LogP contribution in [0.5, 0.6) is 5.75 Å². The summed E-state index contributed by atoms with van der Waals surface area (Å²) >= 11 is 0. The molecule has 2 N–H and O–H groups in total. The Kier molecular flexibility index (Phi) is 9.14. The van der Waals surface area contributed by atoms with Crippen LogP contribution in [0.2, 0.25) is 0 Å². The van der Waals surface area contributed by atoms with Crippen LogP contribution in [-0.4, -0.2) is 50.7 Å². The molecule has 23 heavy (non-hydrogen) atoms. The summed E-state index contributed by atoms with van der Waals surface area (Å²) in [5, 5.41) is 6.57. The Balaban J connectivity index is 3.02. The second-order valence-corrected chi connectivity index (χ2v) is 5.26. The molecule has 0 saturated heterocycles. The summed E-state index contributed by atoms with van der Waals surface area (Å²) in [6, 6.07) is 8.53. The summed E-state index contributed by atoms with van der Waals surface area (Å²) in [6.07, 6.45) is 0. The van der Waals surface area contributed by atoms with Crippen molar-refractivity contribution < 1.29 is 4.74 Å². The number of benzene rings is 1. The first-order valence-corrected chi connectivity index (χ1v) is 8.60. The van der Waals surface area contributed by atoms with Gasteiger partial charge in [0.15, 0.2) is 5.96 Å². The molecule has 0 heterocycles. The van der Waals surface area contributed by atoms with E-state index in [1.165, 1.54) is 5.56 Å². The number of hydrogen-bond donors (Lipinski definition) is 2. The van der Waals surface area contributed by atoms with Crippen LogP contribution in [0.25, 0.3) is 0 Å². The highest BCUT2D eigenvalue weighted by Gasteiger charge is 2.18. The van der Waals surface area contributed by atoms with Gasteiger partial charge in [0.05, 0.1) is 19.7 Å². The van der Waals surface area contributed by atoms with E-state index in [-0.39, 0.29) is 6.04 Å². The molecule has 0 aliphatic heterocycles. The average Bonchev–Trinajstić information content (AvgIpc) is 2.58. The van der Waals surface area contributed by atoms with Crippen molar-refractivity contribution in [3.05, 3.63) is 29.8 Å². The van der Waals surface area contributed by atoms with Crippen LogP contribution < -0.4 is 15.4 Å². The van der Waals surface area contributed by atoms with Crippen molar-refractivity contribution in [2.75, 3.05) is 39.8 Å². The fourth-order valence-corrected chi connectivity index (χ4v) is 2.63. The molecule has 0 aliphatic rings. The minimum absolute atomic E-state index is 0.243. The minimum atomic E-state index is 0.243. The van der Waals surface area contributed by atoms with Crippen molar-refractivity contribution in [3.63, 3.8) is 0 Å². The lowest BCUT2D eigenvalue weighted by Gasteiger charge is -2.29. The quantitative estimate of drug-likeness (QED) is 0.542. The van der Waals surface area contributed by atoms with Crippen molar-refractivity contribution in [1.29, 1.82) is 0 Å². The Labute approximate surface area is 141 Å². The SMILES string of the molecule is CCNC(=NCC(c1cccc(OC)c1)N(CC)CC)NCC. The molecule has 1 rings (SSSR count). The molecule has 0 spiro atoms. The van der Waals surface area contributed by atoms with Gasteiger partial charge in [0.25, 0.3) is 0 Å². The summed E-state index contributed by atoms with van der Waals surface area (Å²) in [4.78, 5) is 7.19. The van der Waals surface area contributed by atoms with E-state index in [1.807, 2.05) is 12.1 Å². The molecular weight excluding hydrogens is 288 g/mol. The van der Waals surface area contributed by atoms with Gasteiger partial charge in [-0.3, -0.25) is 9.89 Å². The van der Waals surface area contributed by atoms with Crippen LogP contribution in [0.15, 0.2) is 29.3 Å². The summed E-state index contributed by atoms with van der Waals surface area (Å²) in [6.45, 7) is 13.0. The lowest BCUT2D eigenvalue weighted by molar-refractivity contribution is 0.224. The Bertz CT molecular complexity index is 464. The molecule has 0 aliphatic carbocycles. The number of hydrogen-bond acceptors (Lipinski definition) is 3. The zero-order valence-electron chi connectivity index (χ0n) is 15.2. The molecule has 1 aromatic rings. The predicted molar refractivity (Wildman–Crippen MR) is 98.3 cm³/mol. The van der Waals surface area contributed by atoms with Gasteiger partial charge < -0.3 is 15.4 Å². The molecule has 5 nitrogen and oxygen atoms in total. The Morgan fingerprint density at radius 3 is 2.30 bits per heavy atom. The van der Waals surface area contributed by atoms with Crippen LogP contribution in [0, 0.1) is 0 Å². The topological polar surface area (TPSA) is 48.9 Å². The maximum Gasteiger partial charge on any atom is 0.191 e. The van der Waals surface area contributed by atoms with Crippen LogP contribution in [0.4, 0.5) is 0 Å². The normalized spacial score (nSPS) is 11.9. The zero-order chi connectivity index (χ0) is 17.1. The number of rotatable bonds is 9. The van der Waals surface area contributed by atoms with E-state index in [2.05, 4.69) is 55.4 Å². The number of aliphatic imine (C=N–C) groups is 1. The van der Waals surface area contributed by atoms with Crippen LogP contribution in [0.3, 0.4) is 0 Å². The summed E-state index contributed by atoms with van der Waals surface area (Å²) in [5.41, 5.74) is 1.24. The predicted octanol–water partition coefficient (Wildman–Crippen LogP) is 2.65. The van der Waals surface area contributed by atoms with Gasteiger partial charge in [-0.1, -0.05) is 26.0 Å². The van der Waals surface area contributed by atoms with Crippen LogP contribution >= 0.6 is 0 Å². The van der Waals surface area contributed by atoms with Gasteiger partial charge in [0.2, 0.25) is 0 Å². The first kappa shape index (κ1) is 19.3. The third kappa shape index (κ3) is 6.10. The third-order valence-corrected chi connectivity index (χ3v) is 3.84. The number of guanidine groups is 1. The third-order valence-electron chi connectivity index (χ3n) is 3.84. The molecule has 0 aromatic heterocycles. The van der Waals surface area contributed by atoms with E-state index in [9.17, 15) is 0 Å². The number of methoxy groups -OCH3 is 1. The van der Waals surface area contributed by atoms with E-state index < -0.39 is 0 Å². The molecule has 0 fully saturated rings. The summed E-state index contributed by atoms with van der Waals surface area (Å²) in [7, 11) is 1.71. The fourth-order valence-electron chi connectivity index (χ4n) is 2.63. The van der Waals surface area contributed by atoms with Gasteiger partial charge in [-0.15, -0.1) is 0 Å². The monoisotopic (exact) mass is 320 g/mol. The lowest BCUT2D eigenvalue weighted by Crippen LogP contribution is -2.38. The second-order valence-electron chi connectivity index (χ2n) is 5.26. The average molecular weight is 320 g/mol. The Morgan fingerprint density at radius 2 is 1.78 bits per heavy atom. The van der Waals surface area contributed by atoms with E-state index in [0.717, 1.165) is 37.9 Å². The number of ether oxygens (including phenoxy) is 1. The fraction of sp³-hybridized carbons (Fsp3) is 0.611. The van der Waals surface area contributed by atoms with Crippen LogP contribution in [0.1, 0.15) is 39.3 Å². The standard InChI is InChI=1S/C18H32N4O/c1-6-19-18(20-7-2)21-14-17(22(8-3)9-4)15-11-10-12-16(13-15)23-5/h10-13,17H,6-9,14H2,1-5H3,(H2,19,20,21). The molecule has 1 unspecified atom stereocenters. The van der Waals surface area contributed by atoms with Crippen LogP contribution in [-0.2, 0) is 0 Å². The molecule has 0 amide bonds. The summed E-state index contributed by atoms with van der Waals surface area (Å²) < 4.78 is 5.38. The highest BCUT2D eigenvalue weighted by molar-refractivity contribution is 5.79.